The molecule has 0 aromatic rings. The van der Waals surface area contributed by atoms with Crippen LogP contribution in [0.3, 0.4) is 0 Å². The smallest absolute Gasteiger partial charge is 0.217 e. The summed E-state index contributed by atoms with van der Waals surface area (Å²) >= 11 is 0. The number of nitrogens with zero attached hydrogens (tertiary/aromatic N) is 1. The van der Waals surface area contributed by atoms with Gasteiger partial charge in [-0.3, -0.25) is 9.79 Å². The van der Waals surface area contributed by atoms with Crippen molar-refractivity contribution in [1.29, 1.82) is 0 Å². The zero-order valence-electron chi connectivity index (χ0n) is 6.42. The molecular formula is C6H14N4O. The van der Waals surface area contributed by atoms with Gasteiger partial charge in [-0.05, 0) is 12.8 Å². The van der Waals surface area contributed by atoms with E-state index in [9.17, 15) is 4.79 Å². The SMILES string of the molecule is NC(=O)CCCCN=C(N)N. The van der Waals surface area contributed by atoms with E-state index in [1.54, 1.807) is 0 Å². The third kappa shape index (κ3) is 8.74. The minimum absolute atomic E-state index is 0.0871. The first-order valence-electron chi connectivity index (χ1n) is 3.46. The first-order valence-corrected chi connectivity index (χ1v) is 3.46. The maximum Gasteiger partial charge on any atom is 0.217 e. The van der Waals surface area contributed by atoms with Crippen LogP contribution < -0.4 is 17.2 Å². The minimum atomic E-state index is -0.283. The van der Waals surface area contributed by atoms with Crippen molar-refractivity contribution >= 4 is 11.9 Å². The van der Waals surface area contributed by atoms with Crippen molar-refractivity contribution in [1.82, 2.24) is 0 Å². The maximum absolute atomic E-state index is 10.2. The van der Waals surface area contributed by atoms with Crippen LogP contribution in [0.4, 0.5) is 0 Å². The summed E-state index contributed by atoms with van der Waals surface area (Å²) in [7, 11) is 0. The fourth-order valence-electron chi connectivity index (χ4n) is 0.619. The van der Waals surface area contributed by atoms with E-state index in [4.69, 9.17) is 17.2 Å². The number of rotatable bonds is 5. The second-order valence-corrected chi connectivity index (χ2v) is 2.23. The van der Waals surface area contributed by atoms with Gasteiger partial charge in [-0.2, -0.15) is 0 Å². The fourth-order valence-corrected chi connectivity index (χ4v) is 0.619. The molecule has 5 heteroatoms. The summed E-state index contributed by atoms with van der Waals surface area (Å²) in [6.07, 6.45) is 1.94. The molecule has 0 spiro atoms. The summed E-state index contributed by atoms with van der Waals surface area (Å²) in [5.74, 6) is -0.196. The average Bonchev–Trinajstić information content (AvgIpc) is 1.85. The third-order valence-electron chi connectivity index (χ3n) is 1.13. The van der Waals surface area contributed by atoms with Crippen LogP contribution in [0, 0.1) is 0 Å². The number of amides is 1. The summed E-state index contributed by atoms with van der Waals surface area (Å²) in [5.41, 5.74) is 15.1. The Kier molecular flexibility index (Phi) is 4.89. The van der Waals surface area contributed by atoms with Gasteiger partial charge in [-0.15, -0.1) is 0 Å². The van der Waals surface area contributed by atoms with Crippen molar-refractivity contribution in [2.75, 3.05) is 6.54 Å². The molecule has 64 valence electrons. The molecule has 0 unspecified atom stereocenters. The molecule has 0 aromatic heterocycles. The van der Waals surface area contributed by atoms with Gasteiger partial charge >= 0.3 is 0 Å². The van der Waals surface area contributed by atoms with Gasteiger partial charge in [-0.1, -0.05) is 0 Å². The molecule has 0 aliphatic rings. The van der Waals surface area contributed by atoms with Crippen molar-refractivity contribution < 1.29 is 4.79 Å². The number of carbonyl (C=O) groups excluding carboxylic acids is 1. The predicted octanol–water partition coefficient (Wildman–Crippen LogP) is -1.08. The topological polar surface area (TPSA) is 107 Å². The van der Waals surface area contributed by atoms with E-state index in [2.05, 4.69) is 4.99 Å². The number of unbranched alkanes of at least 4 members (excludes halogenated alkanes) is 1. The molecule has 0 atom stereocenters. The van der Waals surface area contributed by atoms with Crippen molar-refractivity contribution in [3.05, 3.63) is 0 Å². The number of nitrogens with two attached hydrogens (primary N) is 3. The molecule has 0 rings (SSSR count). The lowest BCUT2D eigenvalue weighted by Crippen LogP contribution is -2.23. The molecule has 0 saturated carbocycles. The Balaban J connectivity index is 3.15. The lowest BCUT2D eigenvalue weighted by molar-refractivity contribution is -0.118. The molecular weight excluding hydrogens is 144 g/mol. The highest BCUT2D eigenvalue weighted by Crippen LogP contribution is 1.93. The van der Waals surface area contributed by atoms with Gasteiger partial charge in [0.05, 0.1) is 0 Å². The highest BCUT2D eigenvalue weighted by atomic mass is 16.1. The second-order valence-electron chi connectivity index (χ2n) is 2.23. The Labute approximate surface area is 65.6 Å². The van der Waals surface area contributed by atoms with Crippen LogP contribution in [0.5, 0.6) is 0 Å². The molecule has 6 N–H and O–H groups in total. The van der Waals surface area contributed by atoms with Gasteiger partial charge in [0, 0.05) is 13.0 Å². The molecule has 0 heterocycles. The van der Waals surface area contributed by atoms with Crippen molar-refractivity contribution in [3.63, 3.8) is 0 Å². The molecule has 5 nitrogen and oxygen atoms in total. The monoisotopic (exact) mass is 158 g/mol. The summed E-state index contributed by atoms with van der Waals surface area (Å²) < 4.78 is 0. The first kappa shape index (κ1) is 9.74. The molecule has 0 bridgehead atoms. The van der Waals surface area contributed by atoms with Gasteiger partial charge in [0.25, 0.3) is 0 Å². The van der Waals surface area contributed by atoms with Gasteiger partial charge < -0.3 is 17.2 Å². The van der Waals surface area contributed by atoms with Crippen LogP contribution in [-0.4, -0.2) is 18.4 Å². The van der Waals surface area contributed by atoms with E-state index in [1.807, 2.05) is 0 Å². The van der Waals surface area contributed by atoms with E-state index in [0.717, 1.165) is 12.8 Å². The van der Waals surface area contributed by atoms with Crippen molar-refractivity contribution in [3.8, 4) is 0 Å². The molecule has 0 aliphatic heterocycles. The normalized spacial score (nSPS) is 9.09. The molecule has 0 aromatic carbocycles. The Morgan fingerprint density at radius 3 is 2.27 bits per heavy atom. The predicted molar refractivity (Wildman–Crippen MR) is 43.7 cm³/mol. The highest BCUT2D eigenvalue weighted by molar-refractivity contribution is 5.75. The summed E-state index contributed by atoms with van der Waals surface area (Å²) in [4.78, 5) is 14.0. The molecule has 1 amide bonds. The summed E-state index contributed by atoms with van der Waals surface area (Å²) in [5, 5.41) is 0. The number of carbonyl (C=O) groups is 1. The van der Waals surface area contributed by atoms with E-state index in [1.165, 1.54) is 0 Å². The molecule has 0 aliphatic carbocycles. The molecule has 0 saturated heterocycles. The third-order valence-corrected chi connectivity index (χ3v) is 1.13. The lowest BCUT2D eigenvalue weighted by Gasteiger charge is -1.94. The van der Waals surface area contributed by atoms with Crippen molar-refractivity contribution in [2.45, 2.75) is 19.3 Å². The van der Waals surface area contributed by atoms with Gasteiger partial charge in [0.15, 0.2) is 5.96 Å². The van der Waals surface area contributed by atoms with Crippen LogP contribution in [0.15, 0.2) is 4.99 Å². The van der Waals surface area contributed by atoms with E-state index >= 15 is 0 Å². The Morgan fingerprint density at radius 2 is 1.82 bits per heavy atom. The molecule has 0 radical (unpaired) electrons. The standard InChI is InChI=1S/C6H14N4O/c7-5(11)3-1-2-4-10-6(8)9/h1-4H2,(H2,7,11)(H4,8,9,10). The summed E-state index contributed by atoms with van der Waals surface area (Å²) in [6, 6.07) is 0. The number of hydrogen-bond donors (Lipinski definition) is 3. The first-order chi connectivity index (χ1) is 5.13. The van der Waals surface area contributed by atoms with Gasteiger partial charge in [0.2, 0.25) is 5.91 Å². The largest absolute Gasteiger partial charge is 0.370 e. The van der Waals surface area contributed by atoms with Crippen molar-refractivity contribution in [2.24, 2.45) is 22.2 Å². The lowest BCUT2D eigenvalue weighted by atomic mass is 10.2. The van der Waals surface area contributed by atoms with E-state index < -0.39 is 0 Å². The molecule has 0 fully saturated rings. The Hall–Kier alpha value is -1.26. The molecule has 11 heavy (non-hydrogen) atoms. The fraction of sp³-hybridized carbons (Fsp3) is 0.667. The van der Waals surface area contributed by atoms with Gasteiger partial charge in [-0.25, -0.2) is 0 Å². The summed E-state index contributed by atoms with van der Waals surface area (Å²) in [6.45, 7) is 0.565. The van der Waals surface area contributed by atoms with Gasteiger partial charge in [0.1, 0.15) is 0 Å². The van der Waals surface area contributed by atoms with Crippen LogP contribution in [0.1, 0.15) is 19.3 Å². The highest BCUT2D eigenvalue weighted by Gasteiger charge is 1.92. The van der Waals surface area contributed by atoms with Crippen LogP contribution >= 0.6 is 0 Å². The Morgan fingerprint density at radius 1 is 1.18 bits per heavy atom. The van der Waals surface area contributed by atoms with E-state index in [-0.39, 0.29) is 11.9 Å². The number of hydrogen-bond acceptors (Lipinski definition) is 2. The number of guanidine groups is 1. The maximum atomic E-state index is 10.2. The van der Waals surface area contributed by atoms with Crippen LogP contribution in [-0.2, 0) is 4.79 Å². The average molecular weight is 158 g/mol. The number of primary amides is 1. The quantitative estimate of drug-likeness (QED) is 0.269. The van der Waals surface area contributed by atoms with E-state index in [0.29, 0.717) is 13.0 Å². The van der Waals surface area contributed by atoms with Crippen LogP contribution in [0.2, 0.25) is 0 Å². The minimum Gasteiger partial charge on any atom is -0.370 e. The second kappa shape index (κ2) is 5.52. The number of aliphatic imine (C=N–C) groups is 1. The zero-order chi connectivity index (χ0) is 8.69. The zero-order valence-corrected chi connectivity index (χ0v) is 6.42. The Bertz CT molecular complexity index is 151. The van der Waals surface area contributed by atoms with Crippen LogP contribution in [0.25, 0.3) is 0 Å².